The third kappa shape index (κ3) is 5.99. The summed E-state index contributed by atoms with van der Waals surface area (Å²) in [5.74, 6) is 0.0907. The molecule has 0 saturated heterocycles. The molecule has 1 N–H and O–H groups in total. The molecule has 0 radical (unpaired) electrons. The number of aryl methyl sites for hydroxylation is 1. The number of benzene rings is 4. The maximum Gasteiger partial charge on any atom is 0.275 e. The third-order valence-electron chi connectivity index (χ3n) is 5.86. The van der Waals surface area contributed by atoms with Gasteiger partial charge < -0.3 is 4.74 Å². The van der Waals surface area contributed by atoms with E-state index in [-0.39, 0.29) is 5.91 Å². The van der Waals surface area contributed by atoms with E-state index in [1.54, 1.807) is 41.2 Å². The van der Waals surface area contributed by atoms with Gasteiger partial charge in [0, 0.05) is 22.3 Å². The highest BCUT2D eigenvalue weighted by Crippen LogP contribution is 2.24. The lowest BCUT2D eigenvalue weighted by molar-refractivity contribution is 0.0950. The van der Waals surface area contributed by atoms with Crippen molar-refractivity contribution >= 4 is 23.7 Å². The fourth-order valence-corrected chi connectivity index (χ4v) is 4.08. The number of hydrogen-bond donors (Lipinski definition) is 1. The molecule has 7 heteroatoms. The predicted molar refractivity (Wildman–Crippen MR) is 151 cm³/mol. The minimum Gasteiger partial charge on any atom is -0.488 e. The summed E-state index contributed by atoms with van der Waals surface area (Å²) in [6, 6.07) is 32.4. The van der Waals surface area contributed by atoms with E-state index in [0.29, 0.717) is 22.9 Å². The summed E-state index contributed by atoms with van der Waals surface area (Å²) < 4.78 is 7.73. The van der Waals surface area contributed by atoms with E-state index in [2.05, 4.69) is 16.6 Å². The summed E-state index contributed by atoms with van der Waals surface area (Å²) >= 11 is 5.96. The van der Waals surface area contributed by atoms with E-state index in [1.807, 2.05) is 79.9 Å². The van der Waals surface area contributed by atoms with Crippen LogP contribution in [0.15, 0.2) is 114 Å². The van der Waals surface area contributed by atoms with Gasteiger partial charge in [-0.25, -0.2) is 10.1 Å². The standard InChI is InChI=1S/C31H25ClN4O2/c1-22-8-7-9-24(18-22)30-25(20-36(35-30)27-10-3-2-4-11-27)19-33-34-31(37)28-12-5-6-13-29(28)38-21-23-14-16-26(32)17-15-23/h2-20H,21H2,1H3,(H,34,37)/b33-19+. The van der Waals surface area contributed by atoms with Crippen molar-refractivity contribution in [2.24, 2.45) is 5.10 Å². The highest BCUT2D eigenvalue weighted by atomic mass is 35.5. The van der Waals surface area contributed by atoms with Crippen LogP contribution >= 0.6 is 11.6 Å². The number of nitrogens with zero attached hydrogens (tertiary/aromatic N) is 3. The van der Waals surface area contributed by atoms with Crippen molar-refractivity contribution in [3.63, 3.8) is 0 Å². The van der Waals surface area contributed by atoms with Crippen molar-refractivity contribution in [2.45, 2.75) is 13.5 Å². The van der Waals surface area contributed by atoms with Crippen LogP contribution in [-0.4, -0.2) is 21.9 Å². The normalized spacial score (nSPS) is 11.0. The van der Waals surface area contributed by atoms with Crippen LogP contribution in [0.4, 0.5) is 0 Å². The summed E-state index contributed by atoms with van der Waals surface area (Å²) in [6.45, 7) is 2.35. The van der Waals surface area contributed by atoms with Gasteiger partial charge in [0.05, 0.1) is 17.5 Å². The zero-order valence-corrected chi connectivity index (χ0v) is 21.5. The molecule has 6 nitrogen and oxygen atoms in total. The molecule has 5 aromatic rings. The van der Waals surface area contributed by atoms with E-state index in [9.17, 15) is 4.79 Å². The number of carbonyl (C=O) groups is 1. The molecule has 0 aliphatic rings. The molecule has 4 aromatic carbocycles. The Hall–Kier alpha value is -4.68. The minimum atomic E-state index is -0.375. The number of carbonyl (C=O) groups excluding carboxylic acids is 1. The van der Waals surface area contributed by atoms with Crippen molar-refractivity contribution in [2.75, 3.05) is 0 Å². The van der Waals surface area contributed by atoms with Crippen molar-refractivity contribution in [1.82, 2.24) is 15.2 Å². The molecule has 0 aliphatic carbocycles. The summed E-state index contributed by atoms with van der Waals surface area (Å²) in [6.07, 6.45) is 3.50. The molecule has 0 bridgehead atoms. The molecule has 0 saturated carbocycles. The third-order valence-corrected chi connectivity index (χ3v) is 6.12. The van der Waals surface area contributed by atoms with Gasteiger partial charge in [-0.05, 0) is 55.0 Å². The second-order valence-electron chi connectivity index (χ2n) is 8.69. The highest BCUT2D eigenvalue weighted by molar-refractivity contribution is 6.30. The molecule has 0 fully saturated rings. The topological polar surface area (TPSA) is 68.5 Å². The molecule has 0 atom stereocenters. The largest absolute Gasteiger partial charge is 0.488 e. The van der Waals surface area contributed by atoms with Gasteiger partial charge in [-0.15, -0.1) is 0 Å². The number of halogens is 1. The first-order valence-corrected chi connectivity index (χ1v) is 12.5. The lowest BCUT2D eigenvalue weighted by Crippen LogP contribution is -2.18. The summed E-state index contributed by atoms with van der Waals surface area (Å²) in [5, 5.41) is 9.72. The fourth-order valence-electron chi connectivity index (χ4n) is 3.95. The van der Waals surface area contributed by atoms with E-state index in [4.69, 9.17) is 21.4 Å². The molecule has 0 spiro atoms. The molecule has 38 heavy (non-hydrogen) atoms. The molecule has 0 unspecified atom stereocenters. The molecule has 1 amide bonds. The number of para-hydroxylation sites is 2. The van der Waals surface area contributed by atoms with Crippen LogP contribution in [0.2, 0.25) is 5.02 Å². The van der Waals surface area contributed by atoms with Gasteiger partial charge in [0.15, 0.2) is 0 Å². The average molecular weight is 521 g/mol. The summed E-state index contributed by atoms with van der Waals surface area (Å²) in [4.78, 5) is 13.0. The lowest BCUT2D eigenvalue weighted by Gasteiger charge is -2.10. The van der Waals surface area contributed by atoms with Gasteiger partial charge >= 0.3 is 0 Å². The van der Waals surface area contributed by atoms with E-state index in [0.717, 1.165) is 33.6 Å². The zero-order valence-electron chi connectivity index (χ0n) is 20.7. The van der Waals surface area contributed by atoms with Crippen molar-refractivity contribution in [3.8, 4) is 22.7 Å². The van der Waals surface area contributed by atoms with Crippen LogP contribution in [0.25, 0.3) is 16.9 Å². The number of hydrogen-bond acceptors (Lipinski definition) is 4. The predicted octanol–water partition coefficient (Wildman–Crippen LogP) is 6.84. The second-order valence-corrected chi connectivity index (χ2v) is 9.13. The molecular formula is C31H25ClN4O2. The Bertz CT molecular complexity index is 1580. The van der Waals surface area contributed by atoms with Gasteiger partial charge in [-0.3, -0.25) is 4.79 Å². The molecule has 5 rings (SSSR count). The zero-order chi connectivity index (χ0) is 26.3. The number of nitrogens with one attached hydrogen (secondary N) is 1. The van der Waals surface area contributed by atoms with Crippen LogP contribution in [0.3, 0.4) is 0 Å². The summed E-state index contributed by atoms with van der Waals surface area (Å²) in [7, 11) is 0. The average Bonchev–Trinajstić information content (AvgIpc) is 3.37. The van der Waals surface area contributed by atoms with Crippen molar-refractivity contribution in [3.05, 3.63) is 137 Å². The number of rotatable bonds is 8. The van der Waals surface area contributed by atoms with E-state index >= 15 is 0 Å². The molecular weight excluding hydrogens is 496 g/mol. The number of amides is 1. The lowest BCUT2D eigenvalue weighted by atomic mass is 10.1. The minimum absolute atomic E-state index is 0.309. The van der Waals surface area contributed by atoms with Crippen LogP contribution in [0.5, 0.6) is 5.75 Å². The van der Waals surface area contributed by atoms with Gasteiger partial charge in [0.2, 0.25) is 0 Å². The summed E-state index contributed by atoms with van der Waals surface area (Å²) in [5.41, 5.74) is 8.52. The van der Waals surface area contributed by atoms with Crippen LogP contribution in [0.1, 0.15) is 27.0 Å². The number of ether oxygens (including phenoxy) is 1. The smallest absolute Gasteiger partial charge is 0.275 e. The quantitative estimate of drug-likeness (QED) is 0.180. The molecule has 0 aliphatic heterocycles. The van der Waals surface area contributed by atoms with Gasteiger partial charge in [0.25, 0.3) is 5.91 Å². The van der Waals surface area contributed by atoms with Gasteiger partial charge in [-0.2, -0.15) is 10.2 Å². The van der Waals surface area contributed by atoms with Gasteiger partial charge in [-0.1, -0.05) is 77.8 Å². The first-order chi connectivity index (χ1) is 18.6. The highest BCUT2D eigenvalue weighted by Gasteiger charge is 2.14. The van der Waals surface area contributed by atoms with Crippen LogP contribution < -0.4 is 10.2 Å². The van der Waals surface area contributed by atoms with Crippen LogP contribution in [-0.2, 0) is 6.61 Å². The Morgan fingerprint density at radius 1 is 0.974 bits per heavy atom. The molecule has 188 valence electrons. The van der Waals surface area contributed by atoms with Crippen molar-refractivity contribution in [1.29, 1.82) is 0 Å². The second kappa shape index (κ2) is 11.6. The fraction of sp³-hybridized carbons (Fsp3) is 0.0645. The molecule has 1 heterocycles. The SMILES string of the molecule is Cc1cccc(-c2nn(-c3ccccc3)cc2/C=N/NC(=O)c2ccccc2OCc2ccc(Cl)cc2)c1. The molecule has 1 aromatic heterocycles. The number of aromatic nitrogens is 2. The van der Waals surface area contributed by atoms with Crippen molar-refractivity contribution < 1.29 is 9.53 Å². The Balaban J connectivity index is 1.35. The maximum absolute atomic E-state index is 13.0. The van der Waals surface area contributed by atoms with Crippen LogP contribution in [0, 0.1) is 6.92 Å². The number of hydrazone groups is 1. The Labute approximate surface area is 226 Å². The van der Waals surface area contributed by atoms with E-state index in [1.165, 1.54) is 0 Å². The Morgan fingerprint density at radius 3 is 2.53 bits per heavy atom. The Morgan fingerprint density at radius 2 is 1.74 bits per heavy atom. The van der Waals surface area contributed by atoms with E-state index < -0.39 is 0 Å². The monoisotopic (exact) mass is 520 g/mol. The first kappa shape index (κ1) is 25.0. The Kier molecular flexibility index (Phi) is 7.62. The van der Waals surface area contributed by atoms with Gasteiger partial charge in [0.1, 0.15) is 18.1 Å². The first-order valence-electron chi connectivity index (χ1n) is 12.1. The maximum atomic E-state index is 13.0.